The summed E-state index contributed by atoms with van der Waals surface area (Å²) < 4.78 is 19.2. The molecule has 1 aliphatic rings. The normalized spacial score (nSPS) is 16.9. The largest absolute Gasteiger partial charge is 0.381 e. The third-order valence-electron chi connectivity index (χ3n) is 4.18. The highest BCUT2D eigenvalue weighted by Crippen LogP contribution is 2.21. The van der Waals surface area contributed by atoms with E-state index in [4.69, 9.17) is 4.74 Å². The van der Waals surface area contributed by atoms with Crippen molar-refractivity contribution < 1.29 is 13.9 Å². The molecular formula is C18H21FN4O2. The molecule has 6 nitrogen and oxygen atoms in total. The predicted octanol–water partition coefficient (Wildman–Crippen LogP) is 3.17. The van der Waals surface area contributed by atoms with E-state index in [0.29, 0.717) is 49.3 Å². The van der Waals surface area contributed by atoms with Gasteiger partial charge in [0.05, 0.1) is 12.3 Å². The van der Waals surface area contributed by atoms with E-state index in [-0.39, 0.29) is 11.8 Å². The number of aromatic nitrogens is 2. The summed E-state index contributed by atoms with van der Waals surface area (Å²) >= 11 is 0. The van der Waals surface area contributed by atoms with Crippen molar-refractivity contribution in [3.8, 4) is 11.3 Å². The first-order valence-electron chi connectivity index (χ1n) is 8.39. The number of urea groups is 1. The molecule has 2 heterocycles. The van der Waals surface area contributed by atoms with Crippen molar-refractivity contribution in [2.75, 3.05) is 31.6 Å². The third kappa shape index (κ3) is 4.30. The summed E-state index contributed by atoms with van der Waals surface area (Å²) in [5, 5.41) is 10.7. The van der Waals surface area contributed by atoms with Gasteiger partial charge in [-0.25, -0.2) is 9.18 Å². The molecule has 0 saturated carbocycles. The molecule has 2 amide bonds. The van der Waals surface area contributed by atoms with Crippen LogP contribution in [0.1, 0.15) is 13.3 Å². The summed E-state index contributed by atoms with van der Waals surface area (Å²) in [5.41, 5.74) is 0.806. The van der Waals surface area contributed by atoms with Gasteiger partial charge in [-0.2, -0.15) is 0 Å². The zero-order valence-electron chi connectivity index (χ0n) is 14.1. The van der Waals surface area contributed by atoms with Crippen LogP contribution < -0.4 is 5.32 Å². The van der Waals surface area contributed by atoms with Crippen LogP contribution in [0, 0.1) is 11.7 Å². The molecule has 1 unspecified atom stereocenters. The second-order valence-electron chi connectivity index (χ2n) is 5.97. The number of halogens is 1. The minimum atomic E-state index is -0.356. The number of rotatable bonds is 5. The number of carbonyl (C=O) groups excluding carboxylic acids is 1. The smallest absolute Gasteiger partial charge is 0.323 e. The molecule has 1 fully saturated rings. The Hall–Kier alpha value is -2.54. The Bertz CT molecular complexity index is 723. The van der Waals surface area contributed by atoms with Crippen molar-refractivity contribution in [2.45, 2.75) is 13.3 Å². The molecule has 1 aliphatic heterocycles. The molecule has 132 valence electrons. The van der Waals surface area contributed by atoms with Crippen molar-refractivity contribution in [2.24, 2.45) is 5.92 Å². The van der Waals surface area contributed by atoms with E-state index in [1.54, 1.807) is 35.2 Å². The number of amides is 2. The Labute approximate surface area is 146 Å². The van der Waals surface area contributed by atoms with Crippen molar-refractivity contribution in [3.63, 3.8) is 0 Å². The first-order valence-corrected chi connectivity index (χ1v) is 8.39. The van der Waals surface area contributed by atoms with Crippen LogP contribution in [0.5, 0.6) is 0 Å². The topological polar surface area (TPSA) is 67.3 Å². The minimum absolute atomic E-state index is 0.202. The summed E-state index contributed by atoms with van der Waals surface area (Å²) in [6, 6.07) is 9.44. The van der Waals surface area contributed by atoms with Crippen LogP contribution in [-0.4, -0.2) is 47.4 Å². The molecule has 1 aromatic heterocycles. The molecule has 3 rings (SSSR count). The summed E-state index contributed by atoms with van der Waals surface area (Å²) in [7, 11) is 0. The molecule has 1 N–H and O–H groups in total. The van der Waals surface area contributed by atoms with Crippen LogP contribution in [0.2, 0.25) is 0 Å². The second-order valence-corrected chi connectivity index (χ2v) is 5.97. The standard InChI is InChI=1S/C18H21FN4O2/c1-2-25-12-13-9-10-23(11-13)18(24)20-17-8-7-16(21-22-17)14-5-3-4-6-15(14)19/h3-8,13H,2,9-12H2,1H3,(H,20,22,24). The van der Waals surface area contributed by atoms with Gasteiger partial charge in [-0.3, -0.25) is 5.32 Å². The molecule has 2 aromatic rings. The molecule has 0 bridgehead atoms. The second kappa shape index (κ2) is 8.02. The number of nitrogens with zero attached hydrogens (tertiary/aromatic N) is 3. The highest BCUT2D eigenvalue weighted by Gasteiger charge is 2.26. The summed E-state index contributed by atoms with van der Waals surface area (Å²) in [6.45, 7) is 4.70. The lowest BCUT2D eigenvalue weighted by atomic mass is 10.1. The van der Waals surface area contributed by atoms with Gasteiger partial charge >= 0.3 is 6.03 Å². The quantitative estimate of drug-likeness (QED) is 0.905. The van der Waals surface area contributed by atoms with Gasteiger partial charge in [-0.15, -0.1) is 10.2 Å². The average molecular weight is 344 g/mol. The van der Waals surface area contributed by atoms with Gasteiger partial charge in [0.15, 0.2) is 5.82 Å². The van der Waals surface area contributed by atoms with E-state index in [0.717, 1.165) is 6.42 Å². The van der Waals surface area contributed by atoms with Crippen LogP contribution in [0.3, 0.4) is 0 Å². The van der Waals surface area contributed by atoms with Crippen LogP contribution >= 0.6 is 0 Å². The van der Waals surface area contributed by atoms with E-state index in [2.05, 4.69) is 15.5 Å². The number of likely N-dealkylation sites (tertiary alicyclic amines) is 1. The van der Waals surface area contributed by atoms with Crippen molar-refractivity contribution >= 4 is 11.8 Å². The van der Waals surface area contributed by atoms with Gasteiger partial charge in [0, 0.05) is 31.2 Å². The van der Waals surface area contributed by atoms with Gasteiger partial charge in [0.25, 0.3) is 0 Å². The van der Waals surface area contributed by atoms with E-state index < -0.39 is 0 Å². The molecule has 1 atom stereocenters. The third-order valence-corrected chi connectivity index (χ3v) is 4.18. The van der Waals surface area contributed by atoms with Crippen molar-refractivity contribution in [1.29, 1.82) is 0 Å². The van der Waals surface area contributed by atoms with E-state index in [9.17, 15) is 9.18 Å². The number of anilines is 1. The number of hydrogen-bond acceptors (Lipinski definition) is 4. The van der Waals surface area contributed by atoms with Crippen LogP contribution in [0.15, 0.2) is 36.4 Å². The lowest BCUT2D eigenvalue weighted by Crippen LogP contribution is -2.33. The molecular weight excluding hydrogens is 323 g/mol. The Kier molecular flexibility index (Phi) is 5.55. The SMILES string of the molecule is CCOCC1CCN(C(=O)Nc2ccc(-c3ccccc3F)nn2)C1. The maximum absolute atomic E-state index is 13.8. The van der Waals surface area contributed by atoms with Gasteiger partial charge in [0.2, 0.25) is 0 Å². The fourth-order valence-electron chi connectivity index (χ4n) is 2.84. The van der Waals surface area contributed by atoms with Crippen LogP contribution in [0.25, 0.3) is 11.3 Å². The first-order chi connectivity index (χ1) is 12.2. The van der Waals surface area contributed by atoms with Gasteiger partial charge < -0.3 is 9.64 Å². The van der Waals surface area contributed by atoms with E-state index in [1.165, 1.54) is 6.07 Å². The molecule has 0 radical (unpaired) electrons. The molecule has 1 aromatic carbocycles. The Morgan fingerprint density at radius 2 is 2.16 bits per heavy atom. The highest BCUT2D eigenvalue weighted by molar-refractivity contribution is 5.88. The fraction of sp³-hybridized carbons (Fsp3) is 0.389. The van der Waals surface area contributed by atoms with Crippen molar-refractivity contribution in [3.05, 3.63) is 42.2 Å². The lowest BCUT2D eigenvalue weighted by Gasteiger charge is -2.17. The maximum Gasteiger partial charge on any atom is 0.323 e. The number of ether oxygens (including phenoxy) is 1. The van der Waals surface area contributed by atoms with Gasteiger partial charge in [0.1, 0.15) is 5.82 Å². The monoisotopic (exact) mass is 344 g/mol. The zero-order valence-corrected chi connectivity index (χ0v) is 14.1. The number of hydrogen-bond donors (Lipinski definition) is 1. The summed E-state index contributed by atoms with van der Waals surface area (Å²) in [5.74, 6) is 0.365. The van der Waals surface area contributed by atoms with E-state index in [1.807, 2.05) is 6.92 Å². The number of benzene rings is 1. The van der Waals surface area contributed by atoms with Crippen molar-refractivity contribution in [1.82, 2.24) is 15.1 Å². The molecule has 1 saturated heterocycles. The number of nitrogens with one attached hydrogen (secondary N) is 1. The summed E-state index contributed by atoms with van der Waals surface area (Å²) in [6.07, 6.45) is 0.936. The Morgan fingerprint density at radius 1 is 1.32 bits per heavy atom. The summed E-state index contributed by atoms with van der Waals surface area (Å²) in [4.78, 5) is 14.0. The highest BCUT2D eigenvalue weighted by atomic mass is 19.1. The average Bonchev–Trinajstić information content (AvgIpc) is 3.10. The van der Waals surface area contributed by atoms with E-state index >= 15 is 0 Å². The predicted molar refractivity (Wildman–Crippen MR) is 92.6 cm³/mol. The van der Waals surface area contributed by atoms with Crippen LogP contribution in [-0.2, 0) is 4.74 Å². The molecule has 0 spiro atoms. The van der Waals surface area contributed by atoms with Gasteiger partial charge in [-0.1, -0.05) is 12.1 Å². The van der Waals surface area contributed by atoms with Crippen LogP contribution in [0.4, 0.5) is 15.0 Å². The fourth-order valence-corrected chi connectivity index (χ4v) is 2.84. The minimum Gasteiger partial charge on any atom is -0.381 e. The maximum atomic E-state index is 13.8. The van der Waals surface area contributed by atoms with Gasteiger partial charge in [-0.05, 0) is 37.6 Å². The molecule has 25 heavy (non-hydrogen) atoms. The first kappa shape index (κ1) is 17.3. The number of carbonyl (C=O) groups is 1. The zero-order chi connectivity index (χ0) is 17.6. The Balaban J connectivity index is 1.58. The molecule has 0 aliphatic carbocycles. The Morgan fingerprint density at radius 3 is 2.88 bits per heavy atom. The molecule has 7 heteroatoms. The lowest BCUT2D eigenvalue weighted by molar-refractivity contribution is 0.113.